The predicted molar refractivity (Wildman–Crippen MR) is 124 cm³/mol. The van der Waals surface area contributed by atoms with Gasteiger partial charge >= 0.3 is 5.97 Å². The highest BCUT2D eigenvalue weighted by Crippen LogP contribution is 2.44. The Morgan fingerprint density at radius 2 is 1.74 bits per heavy atom. The molecule has 1 fully saturated rings. The second-order valence-corrected chi connectivity index (χ2v) is 8.36. The zero-order valence-electron chi connectivity index (χ0n) is 19.5. The van der Waals surface area contributed by atoms with Crippen molar-refractivity contribution in [3.8, 4) is 17.2 Å². The molecule has 2 aliphatic rings. The number of piperidine rings is 1. The number of carbonyl (C=O) groups excluding carboxylic acids is 3. The SMILES string of the molecule is COC(=O)c1ccc(/C=C/C(=O)N2CCC3(CC2)CC(=O)c2c(OC)cc(OC)cc2O3)cc1. The van der Waals surface area contributed by atoms with Gasteiger partial charge < -0.3 is 23.8 Å². The van der Waals surface area contributed by atoms with Gasteiger partial charge in [-0.25, -0.2) is 4.79 Å². The molecule has 2 heterocycles. The van der Waals surface area contributed by atoms with Gasteiger partial charge in [-0.3, -0.25) is 9.59 Å². The third-order valence-electron chi connectivity index (χ3n) is 6.32. The Hall–Kier alpha value is -3.81. The maximum Gasteiger partial charge on any atom is 0.337 e. The van der Waals surface area contributed by atoms with Gasteiger partial charge in [-0.15, -0.1) is 0 Å². The number of ketones is 1. The van der Waals surface area contributed by atoms with Gasteiger partial charge in [0.25, 0.3) is 0 Å². The van der Waals surface area contributed by atoms with Gasteiger partial charge in [-0.1, -0.05) is 12.1 Å². The van der Waals surface area contributed by atoms with Crippen LogP contribution in [-0.2, 0) is 9.53 Å². The molecule has 8 heteroatoms. The van der Waals surface area contributed by atoms with Crippen molar-refractivity contribution in [2.75, 3.05) is 34.4 Å². The number of benzene rings is 2. The Labute approximate surface area is 198 Å². The first-order valence-corrected chi connectivity index (χ1v) is 11.0. The van der Waals surface area contributed by atoms with E-state index in [4.69, 9.17) is 14.2 Å². The summed E-state index contributed by atoms with van der Waals surface area (Å²) in [7, 11) is 4.39. The standard InChI is InChI=1S/C26H27NO7/c1-31-19-14-21(32-2)24-20(28)16-26(34-22(24)15-19)10-12-27(13-11-26)23(29)9-6-17-4-7-18(8-5-17)25(30)33-3/h4-9,14-15H,10-13,16H2,1-3H3/b9-6+. The summed E-state index contributed by atoms with van der Waals surface area (Å²) in [6, 6.07) is 10.2. The van der Waals surface area contributed by atoms with Crippen LogP contribution in [0.15, 0.2) is 42.5 Å². The number of carbonyl (C=O) groups is 3. The van der Waals surface area contributed by atoms with Crippen molar-refractivity contribution in [1.82, 2.24) is 4.90 Å². The molecule has 0 radical (unpaired) electrons. The quantitative estimate of drug-likeness (QED) is 0.493. The molecule has 2 aliphatic heterocycles. The number of hydrogen-bond donors (Lipinski definition) is 0. The summed E-state index contributed by atoms with van der Waals surface area (Å²) in [5.74, 6) is 0.900. The van der Waals surface area contributed by atoms with Gasteiger partial charge in [0, 0.05) is 44.1 Å². The zero-order valence-corrected chi connectivity index (χ0v) is 19.5. The maximum absolute atomic E-state index is 13.0. The fourth-order valence-corrected chi connectivity index (χ4v) is 4.38. The number of Topliss-reactive ketones (excluding diaryl/α,β-unsaturated/α-hetero) is 1. The van der Waals surface area contributed by atoms with E-state index in [1.165, 1.54) is 20.3 Å². The van der Waals surface area contributed by atoms with E-state index in [1.807, 2.05) is 0 Å². The first-order chi connectivity index (χ1) is 16.4. The van der Waals surface area contributed by atoms with Crippen LogP contribution in [0.5, 0.6) is 17.2 Å². The average molecular weight is 466 g/mol. The van der Waals surface area contributed by atoms with E-state index in [0.29, 0.717) is 54.3 Å². The number of likely N-dealkylation sites (tertiary alicyclic amines) is 1. The normalized spacial score (nSPS) is 16.7. The molecule has 4 rings (SSSR count). The molecule has 0 atom stereocenters. The number of methoxy groups -OCH3 is 3. The molecule has 1 saturated heterocycles. The molecule has 2 aromatic rings. The molecule has 1 spiro atoms. The van der Waals surface area contributed by atoms with Crippen molar-refractivity contribution in [3.63, 3.8) is 0 Å². The molecule has 178 valence electrons. The van der Waals surface area contributed by atoms with Crippen molar-refractivity contribution in [2.24, 2.45) is 0 Å². The summed E-state index contributed by atoms with van der Waals surface area (Å²) in [6.07, 6.45) is 4.57. The van der Waals surface area contributed by atoms with E-state index >= 15 is 0 Å². The lowest BCUT2D eigenvalue weighted by molar-refractivity contribution is -0.129. The van der Waals surface area contributed by atoms with Gasteiger partial charge in [0.2, 0.25) is 5.91 Å². The Bertz CT molecular complexity index is 1130. The lowest BCUT2D eigenvalue weighted by Crippen LogP contribution is -2.52. The highest BCUT2D eigenvalue weighted by Gasteiger charge is 2.44. The molecule has 0 N–H and O–H groups in total. The monoisotopic (exact) mass is 465 g/mol. The van der Waals surface area contributed by atoms with Crippen molar-refractivity contribution in [2.45, 2.75) is 24.9 Å². The first kappa shape index (κ1) is 23.4. The van der Waals surface area contributed by atoms with E-state index in [0.717, 1.165) is 5.56 Å². The van der Waals surface area contributed by atoms with Crippen molar-refractivity contribution >= 4 is 23.7 Å². The average Bonchev–Trinajstić information content (AvgIpc) is 2.86. The van der Waals surface area contributed by atoms with Gasteiger partial charge in [0.15, 0.2) is 5.78 Å². The Balaban J connectivity index is 1.41. The summed E-state index contributed by atoms with van der Waals surface area (Å²) in [5, 5.41) is 0. The highest BCUT2D eigenvalue weighted by atomic mass is 16.5. The minimum Gasteiger partial charge on any atom is -0.496 e. The molecule has 2 aromatic carbocycles. The van der Waals surface area contributed by atoms with Crippen LogP contribution in [-0.4, -0.2) is 62.6 Å². The van der Waals surface area contributed by atoms with Gasteiger partial charge in [-0.05, 0) is 23.8 Å². The molecular formula is C26H27NO7. The van der Waals surface area contributed by atoms with Gasteiger partial charge in [-0.2, -0.15) is 0 Å². The fraction of sp³-hybridized carbons (Fsp3) is 0.346. The lowest BCUT2D eigenvalue weighted by Gasteiger charge is -2.44. The number of nitrogens with zero attached hydrogens (tertiary/aromatic N) is 1. The van der Waals surface area contributed by atoms with Crippen molar-refractivity contribution in [1.29, 1.82) is 0 Å². The number of amides is 1. The minimum absolute atomic E-state index is 0.0316. The van der Waals surface area contributed by atoms with E-state index < -0.39 is 11.6 Å². The van der Waals surface area contributed by atoms with Crippen LogP contribution in [0.1, 0.15) is 45.5 Å². The van der Waals surface area contributed by atoms with Gasteiger partial charge in [0.1, 0.15) is 28.4 Å². The van der Waals surface area contributed by atoms with Crippen LogP contribution in [0, 0.1) is 0 Å². The van der Waals surface area contributed by atoms with Crippen LogP contribution in [0.4, 0.5) is 0 Å². The van der Waals surface area contributed by atoms with Crippen LogP contribution in [0.2, 0.25) is 0 Å². The Morgan fingerprint density at radius 1 is 1.03 bits per heavy atom. The summed E-state index contributed by atoms with van der Waals surface area (Å²) in [5.41, 5.74) is 1.04. The second-order valence-electron chi connectivity index (χ2n) is 8.36. The van der Waals surface area contributed by atoms with Crippen LogP contribution in [0.3, 0.4) is 0 Å². The molecular weight excluding hydrogens is 438 g/mol. The molecule has 0 unspecified atom stereocenters. The molecule has 0 aromatic heterocycles. The zero-order chi connectivity index (χ0) is 24.3. The first-order valence-electron chi connectivity index (χ1n) is 11.0. The molecule has 0 saturated carbocycles. The Morgan fingerprint density at radius 3 is 2.35 bits per heavy atom. The largest absolute Gasteiger partial charge is 0.496 e. The summed E-state index contributed by atoms with van der Waals surface area (Å²) < 4.78 is 21.7. The summed E-state index contributed by atoms with van der Waals surface area (Å²) in [6.45, 7) is 0.961. The lowest BCUT2D eigenvalue weighted by atomic mass is 9.82. The van der Waals surface area contributed by atoms with E-state index in [9.17, 15) is 14.4 Å². The van der Waals surface area contributed by atoms with Gasteiger partial charge in [0.05, 0.1) is 33.3 Å². The molecule has 0 aliphatic carbocycles. The minimum atomic E-state index is -0.647. The van der Waals surface area contributed by atoms with Crippen LogP contribution >= 0.6 is 0 Å². The summed E-state index contributed by atoms with van der Waals surface area (Å²) in [4.78, 5) is 39.0. The third kappa shape index (κ3) is 4.62. The number of ether oxygens (including phenoxy) is 4. The number of esters is 1. The highest BCUT2D eigenvalue weighted by molar-refractivity contribution is 6.03. The van der Waals surface area contributed by atoms with Crippen molar-refractivity contribution < 1.29 is 33.3 Å². The molecule has 34 heavy (non-hydrogen) atoms. The smallest absolute Gasteiger partial charge is 0.337 e. The number of fused-ring (bicyclic) bond motifs is 1. The second kappa shape index (κ2) is 9.59. The van der Waals surface area contributed by atoms with Crippen LogP contribution < -0.4 is 14.2 Å². The van der Waals surface area contributed by atoms with E-state index in [-0.39, 0.29) is 18.1 Å². The number of rotatable bonds is 5. The summed E-state index contributed by atoms with van der Waals surface area (Å²) >= 11 is 0. The molecule has 1 amide bonds. The van der Waals surface area contributed by atoms with E-state index in [1.54, 1.807) is 54.5 Å². The van der Waals surface area contributed by atoms with Crippen molar-refractivity contribution in [3.05, 3.63) is 59.2 Å². The topological polar surface area (TPSA) is 91.4 Å². The van der Waals surface area contributed by atoms with E-state index in [2.05, 4.69) is 4.74 Å². The fourth-order valence-electron chi connectivity index (χ4n) is 4.38. The third-order valence-corrected chi connectivity index (χ3v) is 6.32. The molecule has 0 bridgehead atoms. The number of hydrogen-bond acceptors (Lipinski definition) is 7. The Kier molecular flexibility index (Phi) is 6.58. The van der Waals surface area contributed by atoms with Crippen LogP contribution in [0.25, 0.3) is 6.08 Å². The predicted octanol–water partition coefficient (Wildman–Crippen LogP) is 3.53. The molecule has 8 nitrogen and oxygen atoms in total. The maximum atomic E-state index is 13.0.